The minimum atomic E-state index is 0.142. The minimum absolute atomic E-state index is 0.142. The van der Waals surface area contributed by atoms with Crippen molar-refractivity contribution in [1.82, 2.24) is 0 Å². The standard InChI is InChI=1S/C13H16O2/c1-9-4-7-13(15)12(8-9)10(2)5-6-11(3)14/h4,7-8,15H,2,5-6H2,1,3H3. The third kappa shape index (κ3) is 3.24. The van der Waals surface area contributed by atoms with Crippen LogP contribution in [0.15, 0.2) is 24.8 Å². The maximum atomic E-state index is 10.8. The highest BCUT2D eigenvalue weighted by molar-refractivity contribution is 5.79. The molecule has 1 rings (SSSR count). The molecule has 0 bridgehead atoms. The van der Waals surface area contributed by atoms with E-state index in [0.29, 0.717) is 12.8 Å². The average molecular weight is 204 g/mol. The lowest BCUT2D eigenvalue weighted by atomic mass is 9.99. The van der Waals surface area contributed by atoms with Gasteiger partial charge >= 0.3 is 0 Å². The molecule has 0 saturated carbocycles. The summed E-state index contributed by atoms with van der Waals surface area (Å²) in [4.78, 5) is 10.8. The van der Waals surface area contributed by atoms with Gasteiger partial charge in [0.15, 0.2) is 0 Å². The summed E-state index contributed by atoms with van der Waals surface area (Å²) < 4.78 is 0. The second kappa shape index (κ2) is 4.78. The van der Waals surface area contributed by atoms with Gasteiger partial charge in [-0.1, -0.05) is 18.2 Å². The molecule has 0 spiro atoms. The molecule has 2 heteroatoms. The number of hydrogen-bond donors (Lipinski definition) is 1. The Bertz CT molecular complexity index is 392. The molecule has 0 heterocycles. The predicted octanol–water partition coefficient (Wildman–Crippen LogP) is 3.08. The fourth-order valence-corrected chi connectivity index (χ4v) is 1.39. The Balaban J connectivity index is 2.81. The van der Waals surface area contributed by atoms with E-state index < -0.39 is 0 Å². The quantitative estimate of drug-likeness (QED) is 0.818. The van der Waals surface area contributed by atoms with Crippen molar-refractivity contribution in [2.75, 3.05) is 0 Å². The molecule has 2 nitrogen and oxygen atoms in total. The van der Waals surface area contributed by atoms with Crippen LogP contribution < -0.4 is 0 Å². The highest BCUT2D eigenvalue weighted by Gasteiger charge is 2.06. The molecular weight excluding hydrogens is 188 g/mol. The molecule has 1 aromatic carbocycles. The van der Waals surface area contributed by atoms with E-state index in [1.165, 1.54) is 0 Å². The minimum Gasteiger partial charge on any atom is -0.507 e. The first-order chi connectivity index (χ1) is 7.00. The lowest BCUT2D eigenvalue weighted by Gasteiger charge is -2.08. The first-order valence-corrected chi connectivity index (χ1v) is 4.98. The first kappa shape index (κ1) is 11.5. The monoisotopic (exact) mass is 204 g/mol. The Labute approximate surface area is 90.3 Å². The molecule has 15 heavy (non-hydrogen) atoms. The van der Waals surface area contributed by atoms with Crippen LogP contribution >= 0.6 is 0 Å². The number of hydrogen-bond acceptors (Lipinski definition) is 2. The van der Waals surface area contributed by atoms with Crippen molar-refractivity contribution in [3.63, 3.8) is 0 Å². The summed E-state index contributed by atoms with van der Waals surface area (Å²) in [6.45, 7) is 7.41. The van der Waals surface area contributed by atoms with E-state index in [1.807, 2.05) is 19.1 Å². The highest BCUT2D eigenvalue weighted by Crippen LogP contribution is 2.27. The number of phenols is 1. The van der Waals surface area contributed by atoms with Crippen molar-refractivity contribution in [2.45, 2.75) is 26.7 Å². The summed E-state index contributed by atoms with van der Waals surface area (Å²) in [5.41, 5.74) is 2.63. The third-order valence-electron chi connectivity index (χ3n) is 2.31. The van der Waals surface area contributed by atoms with Crippen LogP contribution in [0.3, 0.4) is 0 Å². The topological polar surface area (TPSA) is 37.3 Å². The van der Waals surface area contributed by atoms with Crippen molar-refractivity contribution >= 4 is 11.4 Å². The van der Waals surface area contributed by atoms with Crippen LogP contribution in [0.1, 0.15) is 30.9 Å². The van der Waals surface area contributed by atoms with Gasteiger partial charge < -0.3 is 9.90 Å². The number of benzene rings is 1. The first-order valence-electron chi connectivity index (χ1n) is 4.98. The van der Waals surface area contributed by atoms with E-state index in [1.54, 1.807) is 13.0 Å². The summed E-state index contributed by atoms with van der Waals surface area (Å²) in [6.07, 6.45) is 1.08. The van der Waals surface area contributed by atoms with Gasteiger partial charge in [0.2, 0.25) is 0 Å². The number of allylic oxidation sites excluding steroid dienone is 1. The molecule has 0 saturated heterocycles. The van der Waals surface area contributed by atoms with Crippen LogP contribution in [0.4, 0.5) is 0 Å². The zero-order valence-electron chi connectivity index (χ0n) is 9.21. The summed E-state index contributed by atoms with van der Waals surface area (Å²) in [5.74, 6) is 0.373. The van der Waals surface area contributed by atoms with E-state index in [-0.39, 0.29) is 11.5 Å². The molecule has 0 fully saturated rings. The molecule has 1 aromatic rings. The molecule has 0 amide bonds. The van der Waals surface area contributed by atoms with E-state index in [9.17, 15) is 9.90 Å². The van der Waals surface area contributed by atoms with Crippen LogP contribution in [0.5, 0.6) is 5.75 Å². The van der Waals surface area contributed by atoms with E-state index >= 15 is 0 Å². The normalized spacial score (nSPS) is 10.0. The Morgan fingerprint density at radius 2 is 2.07 bits per heavy atom. The largest absolute Gasteiger partial charge is 0.507 e. The van der Waals surface area contributed by atoms with Gasteiger partial charge in [-0.15, -0.1) is 0 Å². The van der Waals surface area contributed by atoms with Gasteiger partial charge in [0.25, 0.3) is 0 Å². The third-order valence-corrected chi connectivity index (χ3v) is 2.31. The smallest absolute Gasteiger partial charge is 0.130 e. The number of Topliss-reactive ketones (excluding diaryl/α,β-unsaturated/α-hetero) is 1. The number of carbonyl (C=O) groups is 1. The Morgan fingerprint density at radius 3 is 2.67 bits per heavy atom. The molecule has 1 N–H and O–H groups in total. The van der Waals surface area contributed by atoms with Crippen LogP contribution in [0.25, 0.3) is 5.57 Å². The summed E-state index contributed by atoms with van der Waals surface area (Å²) in [6, 6.07) is 5.39. The Kier molecular flexibility index (Phi) is 3.67. The molecule has 80 valence electrons. The number of phenolic OH excluding ortho intramolecular Hbond substituents is 1. The molecule has 0 aromatic heterocycles. The second-order valence-electron chi connectivity index (χ2n) is 3.83. The van der Waals surface area contributed by atoms with Gasteiger partial charge in [0.05, 0.1) is 0 Å². The molecular formula is C13H16O2. The fraction of sp³-hybridized carbons (Fsp3) is 0.308. The summed E-state index contributed by atoms with van der Waals surface area (Å²) >= 11 is 0. The summed E-state index contributed by atoms with van der Waals surface area (Å²) in [5, 5.41) is 9.62. The number of ketones is 1. The Morgan fingerprint density at radius 1 is 1.40 bits per heavy atom. The zero-order chi connectivity index (χ0) is 11.4. The van der Waals surface area contributed by atoms with Crippen LogP contribution in [0, 0.1) is 6.92 Å². The van der Waals surface area contributed by atoms with Crippen molar-refractivity contribution < 1.29 is 9.90 Å². The van der Waals surface area contributed by atoms with Crippen molar-refractivity contribution in [3.8, 4) is 5.75 Å². The van der Waals surface area contributed by atoms with E-state index in [2.05, 4.69) is 6.58 Å². The number of carbonyl (C=O) groups excluding carboxylic acids is 1. The highest BCUT2D eigenvalue weighted by atomic mass is 16.3. The maximum absolute atomic E-state index is 10.8. The fourth-order valence-electron chi connectivity index (χ4n) is 1.39. The van der Waals surface area contributed by atoms with Crippen molar-refractivity contribution in [2.24, 2.45) is 0 Å². The van der Waals surface area contributed by atoms with Crippen LogP contribution in [0.2, 0.25) is 0 Å². The predicted molar refractivity (Wildman–Crippen MR) is 61.8 cm³/mol. The second-order valence-corrected chi connectivity index (χ2v) is 3.83. The number of aryl methyl sites for hydroxylation is 1. The van der Waals surface area contributed by atoms with Gasteiger partial charge in [-0.05, 0) is 38.0 Å². The van der Waals surface area contributed by atoms with Crippen molar-refractivity contribution in [3.05, 3.63) is 35.9 Å². The Hall–Kier alpha value is -1.57. The zero-order valence-corrected chi connectivity index (χ0v) is 9.21. The number of rotatable bonds is 4. The van der Waals surface area contributed by atoms with Crippen LogP contribution in [-0.2, 0) is 4.79 Å². The number of aromatic hydroxyl groups is 1. The SMILES string of the molecule is C=C(CCC(C)=O)c1cc(C)ccc1O. The van der Waals surface area contributed by atoms with Gasteiger partial charge in [0.1, 0.15) is 11.5 Å². The average Bonchev–Trinajstić information content (AvgIpc) is 2.18. The molecule has 0 aliphatic carbocycles. The molecule has 0 aliphatic rings. The van der Waals surface area contributed by atoms with Crippen LogP contribution in [-0.4, -0.2) is 10.9 Å². The van der Waals surface area contributed by atoms with Crippen molar-refractivity contribution in [1.29, 1.82) is 0 Å². The van der Waals surface area contributed by atoms with Gasteiger partial charge in [-0.2, -0.15) is 0 Å². The summed E-state index contributed by atoms with van der Waals surface area (Å²) in [7, 11) is 0. The molecule has 0 aliphatic heterocycles. The van der Waals surface area contributed by atoms with Gasteiger partial charge in [0, 0.05) is 12.0 Å². The van der Waals surface area contributed by atoms with Gasteiger partial charge in [-0.3, -0.25) is 0 Å². The lowest BCUT2D eigenvalue weighted by Crippen LogP contribution is -1.92. The molecule has 0 atom stereocenters. The lowest BCUT2D eigenvalue weighted by molar-refractivity contribution is -0.116. The molecule has 0 unspecified atom stereocenters. The van der Waals surface area contributed by atoms with E-state index in [0.717, 1.165) is 16.7 Å². The van der Waals surface area contributed by atoms with Gasteiger partial charge in [-0.25, -0.2) is 0 Å². The maximum Gasteiger partial charge on any atom is 0.130 e. The molecule has 0 radical (unpaired) electrons. The van der Waals surface area contributed by atoms with E-state index in [4.69, 9.17) is 0 Å².